The smallest absolute Gasteiger partial charge is 0.228 e. The summed E-state index contributed by atoms with van der Waals surface area (Å²) in [6.45, 7) is 36.3. The van der Waals surface area contributed by atoms with Gasteiger partial charge in [0.25, 0.3) is 0 Å². The summed E-state index contributed by atoms with van der Waals surface area (Å²) in [5.74, 6) is 11.4. The Bertz CT molecular complexity index is 1620. The lowest BCUT2D eigenvalue weighted by Gasteiger charge is -2.35. The van der Waals surface area contributed by atoms with Crippen LogP contribution >= 0.6 is 0 Å². The minimum atomic E-state index is 0.148. The summed E-state index contributed by atoms with van der Waals surface area (Å²) >= 11 is 0. The zero-order valence-corrected chi connectivity index (χ0v) is 44.4. The van der Waals surface area contributed by atoms with Crippen LogP contribution in [0, 0.1) is 47.3 Å². The minimum Gasteiger partial charge on any atom is -0.475 e. The van der Waals surface area contributed by atoms with E-state index in [-0.39, 0.29) is 6.10 Å². The number of hydrogen-bond donors (Lipinski definition) is 0. The largest absolute Gasteiger partial charge is 0.475 e. The summed E-state index contributed by atoms with van der Waals surface area (Å²) in [6.07, 6.45) is 25.7. The van der Waals surface area contributed by atoms with Crippen molar-refractivity contribution < 1.29 is 4.74 Å². The zero-order chi connectivity index (χ0) is 48.0. The van der Waals surface area contributed by atoms with Gasteiger partial charge in [-0.3, -0.25) is 0 Å². The van der Waals surface area contributed by atoms with Crippen LogP contribution in [0.4, 0.5) is 17.8 Å². The third-order valence-corrected chi connectivity index (χ3v) is 16.5. The molecule has 4 saturated heterocycles. The Labute approximate surface area is 408 Å². The second-order valence-corrected chi connectivity index (χ2v) is 23.0. The van der Waals surface area contributed by atoms with Crippen LogP contribution < -0.4 is 19.4 Å². The quantitative estimate of drug-likeness (QED) is 0.174. The molecule has 0 spiro atoms. The molecular formula is C56H94N10O. The molecule has 11 nitrogen and oxygen atoms in total. The Morgan fingerprint density at radius 1 is 0.418 bits per heavy atom. The molecule has 67 heavy (non-hydrogen) atoms. The van der Waals surface area contributed by atoms with Gasteiger partial charge in [-0.25, -0.2) is 24.9 Å². The Morgan fingerprint density at radius 2 is 0.776 bits per heavy atom. The number of piperidine rings is 4. The van der Waals surface area contributed by atoms with Gasteiger partial charge in [0.2, 0.25) is 23.7 Å². The molecule has 0 N–H and O–H groups in total. The van der Waals surface area contributed by atoms with Crippen LogP contribution in [0.1, 0.15) is 183 Å². The molecule has 0 atom stereocenters. The highest BCUT2D eigenvalue weighted by Gasteiger charge is 2.28. The molecule has 8 rings (SSSR count). The molecule has 1 saturated carbocycles. The van der Waals surface area contributed by atoms with Crippen molar-refractivity contribution in [3.8, 4) is 5.88 Å². The molecule has 3 aromatic heterocycles. The maximum atomic E-state index is 5.63. The fourth-order valence-electron chi connectivity index (χ4n) is 11.4. The van der Waals surface area contributed by atoms with Crippen LogP contribution in [0.25, 0.3) is 0 Å². The van der Waals surface area contributed by atoms with Crippen LogP contribution in [0.3, 0.4) is 0 Å². The van der Waals surface area contributed by atoms with Crippen molar-refractivity contribution >= 4 is 17.8 Å². The molecule has 5 fully saturated rings. The Balaban J connectivity index is 0.000000167. The lowest BCUT2D eigenvalue weighted by atomic mass is 9.75. The highest BCUT2D eigenvalue weighted by atomic mass is 16.5. The summed E-state index contributed by atoms with van der Waals surface area (Å²) < 4.78 is 5.63. The predicted molar refractivity (Wildman–Crippen MR) is 279 cm³/mol. The van der Waals surface area contributed by atoms with E-state index in [0.717, 1.165) is 104 Å². The van der Waals surface area contributed by atoms with Crippen molar-refractivity contribution in [1.29, 1.82) is 0 Å². The fraction of sp³-hybridized carbons (Fsp3) is 0.786. The molecular weight excluding hydrogens is 829 g/mol. The molecule has 0 aromatic carbocycles. The number of aromatic nitrogens is 6. The zero-order valence-electron chi connectivity index (χ0n) is 44.4. The van der Waals surface area contributed by atoms with Crippen LogP contribution in [0.2, 0.25) is 0 Å². The SMILES string of the molecule is CC(C)C1CCC(c2cnc(N3CCC(C(C)C)CC3)nc2)CC1.CC(C)C1CCN(c2ncc(C3CCN(C(C)C)CC3)cn2)CC1.CC(C)Oc1ccnc(N2CCC(C(C)C)CC2)n1. The van der Waals surface area contributed by atoms with E-state index in [1.807, 2.05) is 19.9 Å². The summed E-state index contributed by atoms with van der Waals surface area (Å²) in [7, 11) is 0. The molecule has 3 aromatic rings. The number of ether oxygens (including phenoxy) is 1. The minimum absolute atomic E-state index is 0.148. The van der Waals surface area contributed by atoms with Gasteiger partial charge in [0.1, 0.15) is 0 Å². The normalized spacial score (nSPS) is 22.1. The third-order valence-electron chi connectivity index (χ3n) is 16.5. The number of anilines is 3. The van der Waals surface area contributed by atoms with E-state index in [2.05, 4.69) is 124 Å². The number of likely N-dealkylation sites (tertiary alicyclic amines) is 1. The van der Waals surface area contributed by atoms with E-state index < -0.39 is 0 Å². The molecule has 11 heteroatoms. The van der Waals surface area contributed by atoms with Gasteiger partial charge in [-0.15, -0.1) is 0 Å². The van der Waals surface area contributed by atoms with Gasteiger partial charge in [0, 0.05) is 82.4 Å². The second-order valence-electron chi connectivity index (χ2n) is 23.0. The molecule has 0 bridgehead atoms. The van der Waals surface area contributed by atoms with Crippen molar-refractivity contribution in [2.24, 2.45) is 47.3 Å². The summed E-state index contributed by atoms with van der Waals surface area (Å²) in [5.41, 5.74) is 2.69. The maximum Gasteiger partial charge on any atom is 0.228 e. The van der Waals surface area contributed by atoms with Crippen molar-refractivity contribution in [2.75, 3.05) is 67.1 Å². The first-order valence-electron chi connectivity index (χ1n) is 27.3. The first-order valence-corrected chi connectivity index (χ1v) is 27.3. The van der Waals surface area contributed by atoms with Gasteiger partial charge >= 0.3 is 0 Å². The van der Waals surface area contributed by atoms with Crippen molar-refractivity contribution in [3.05, 3.63) is 48.2 Å². The van der Waals surface area contributed by atoms with E-state index in [1.54, 1.807) is 6.20 Å². The van der Waals surface area contributed by atoms with Crippen LogP contribution in [0.15, 0.2) is 37.1 Å². The van der Waals surface area contributed by atoms with Crippen LogP contribution in [-0.4, -0.2) is 99.3 Å². The van der Waals surface area contributed by atoms with Crippen LogP contribution in [0.5, 0.6) is 5.88 Å². The van der Waals surface area contributed by atoms with E-state index >= 15 is 0 Å². The van der Waals surface area contributed by atoms with Crippen molar-refractivity contribution in [3.63, 3.8) is 0 Å². The van der Waals surface area contributed by atoms with E-state index in [0.29, 0.717) is 23.8 Å². The molecule has 0 amide bonds. The average Bonchev–Trinajstić information content (AvgIpc) is 3.34. The number of nitrogens with zero attached hydrogens (tertiary/aromatic N) is 10. The number of rotatable bonds is 12. The van der Waals surface area contributed by atoms with E-state index in [1.165, 1.54) is 101 Å². The Kier molecular flexibility index (Phi) is 20.4. The van der Waals surface area contributed by atoms with Gasteiger partial charge in [-0.2, -0.15) is 4.98 Å². The summed E-state index contributed by atoms with van der Waals surface area (Å²) in [6, 6.07) is 2.49. The average molecular weight is 923 g/mol. The predicted octanol–water partition coefficient (Wildman–Crippen LogP) is 12.4. The fourth-order valence-corrected chi connectivity index (χ4v) is 11.4. The van der Waals surface area contributed by atoms with E-state index in [4.69, 9.17) is 24.7 Å². The summed E-state index contributed by atoms with van der Waals surface area (Å²) in [5, 5.41) is 0. The third kappa shape index (κ3) is 15.7. The molecule has 1 aliphatic carbocycles. The van der Waals surface area contributed by atoms with E-state index in [9.17, 15) is 0 Å². The maximum absolute atomic E-state index is 5.63. The molecule has 4 aliphatic heterocycles. The van der Waals surface area contributed by atoms with Crippen LogP contribution in [-0.2, 0) is 0 Å². The second kappa shape index (κ2) is 25.8. The molecule has 7 heterocycles. The molecule has 5 aliphatic rings. The van der Waals surface area contributed by atoms with Gasteiger partial charge in [0.15, 0.2) is 0 Å². The van der Waals surface area contributed by atoms with Crippen molar-refractivity contribution in [1.82, 2.24) is 34.8 Å². The lowest BCUT2D eigenvalue weighted by molar-refractivity contribution is 0.171. The highest BCUT2D eigenvalue weighted by Crippen LogP contribution is 2.39. The Hall–Kier alpha value is -3.60. The van der Waals surface area contributed by atoms with Gasteiger partial charge < -0.3 is 24.3 Å². The molecule has 0 unspecified atom stereocenters. The molecule has 374 valence electrons. The summed E-state index contributed by atoms with van der Waals surface area (Å²) in [4.78, 5) is 37.3. The molecule has 0 radical (unpaired) electrons. The first kappa shape index (κ1) is 52.8. The first-order chi connectivity index (χ1) is 32.1. The topological polar surface area (TPSA) is 99.5 Å². The van der Waals surface area contributed by atoms with Crippen molar-refractivity contribution in [2.45, 2.75) is 184 Å². The standard InChI is InChI=1S/C21H35N3.C20H34N4.C15H25N3O/c1-15(2)17-5-7-19(8-6-17)20-13-22-21(23-14-20)24-11-9-18(10-12-24)16(3)4;1-15(2)17-5-11-24(12-6-17)20-21-13-19(14-22-20)18-7-9-23(10-8-18)16(3)4;1-11(2)13-6-9-18(10-7-13)15-16-8-5-14(17-15)19-12(3)4/h13-19H,5-12H2,1-4H3;13-18H,5-12H2,1-4H3;5,8,11-13H,6-7,9-10H2,1-4H3. The monoisotopic (exact) mass is 923 g/mol. The lowest BCUT2D eigenvalue weighted by Crippen LogP contribution is -2.38. The van der Waals surface area contributed by atoms with Gasteiger partial charge in [-0.05, 0) is 188 Å². The van der Waals surface area contributed by atoms with Gasteiger partial charge in [-0.1, -0.05) is 55.4 Å². The Morgan fingerprint density at radius 3 is 1.13 bits per heavy atom. The highest BCUT2D eigenvalue weighted by molar-refractivity contribution is 5.34. The van der Waals surface area contributed by atoms with Gasteiger partial charge in [0.05, 0.1) is 6.10 Å². The number of hydrogen-bond acceptors (Lipinski definition) is 11.